The van der Waals surface area contributed by atoms with Gasteiger partial charge in [-0.05, 0) is 31.2 Å². The monoisotopic (exact) mass is 214 g/mol. The summed E-state index contributed by atoms with van der Waals surface area (Å²) in [7, 11) is 0. The van der Waals surface area contributed by atoms with Crippen molar-refractivity contribution >= 4 is 11.8 Å². The fourth-order valence-electron chi connectivity index (χ4n) is 2.78. The summed E-state index contributed by atoms with van der Waals surface area (Å²) in [6.45, 7) is 4.84. The van der Waals surface area contributed by atoms with E-state index in [2.05, 4.69) is 16.7 Å². The van der Waals surface area contributed by atoms with Crippen LogP contribution in [0.3, 0.4) is 0 Å². The number of hydrogen-bond donors (Lipinski definition) is 1. The number of nitrogens with two attached hydrogens (primary N) is 1. The van der Waals surface area contributed by atoms with Crippen LogP contribution < -0.4 is 5.73 Å². The van der Waals surface area contributed by atoms with Crippen LogP contribution in [0.15, 0.2) is 0 Å². The van der Waals surface area contributed by atoms with Gasteiger partial charge in [-0.3, -0.25) is 0 Å². The van der Waals surface area contributed by atoms with Crippen molar-refractivity contribution in [3.8, 4) is 0 Å². The van der Waals surface area contributed by atoms with E-state index in [0.29, 0.717) is 0 Å². The lowest BCUT2D eigenvalue weighted by Crippen LogP contribution is -2.38. The number of rotatable bonds is 3. The summed E-state index contributed by atoms with van der Waals surface area (Å²) < 4.78 is 0. The molecule has 82 valence electrons. The maximum Gasteiger partial charge on any atom is 0.00728 e. The molecule has 0 spiro atoms. The Hall–Kier alpha value is 0.270. The Morgan fingerprint density at radius 1 is 1.14 bits per heavy atom. The summed E-state index contributed by atoms with van der Waals surface area (Å²) in [5.74, 6) is 4.40. The van der Waals surface area contributed by atoms with Gasteiger partial charge in [0.05, 0.1) is 0 Å². The Morgan fingerprint density at radius 2 is 1.86 bits per heavy atom. The van der Waals surface area contributed by atoms with E-state index in [0.717, 1.165) is 18.4 Å². The minimum absolute atomic E-state index is 0.824. The fourth-order valence-corrected chi connectivity index (χ4v) is 3.76. The first kappa shape index (κ1) is 10.8. The van der Waals surface area contributed by atoms with Gasteiger partial charge in [0.2, 0.25) is 0 Å². The van der Waals surface area contributed by atoms with Crippen LogP contribution in [0.25, 0.3) is 0 Å². The molecule has 3 heteroatoms. The first-order chi connectivity index (χ1) is 6.90. The summed E-state index contributed by atoms with van der Waals surface area (Å²) in [6, 6.07) is 0. The minimum atomic E-state index is 0.824. The number of thioether (sulfide) groups is 1. The van der Waals surface area contributed by atoms with Crippen molar-refractivity contribution in [3.05, 3.63) is 0 Å². The molecule has 2 fully saturated rings. The molecule has 2 unspecified atom stereocenters. The topological polar surface area (TPSA) is 29.3 Å². The zero-order chi connectivity index (χ0) is 9.80. The molecule has 0 amide bonds. The molecular weight excluding hydrogens is 192 g/mol. The number of nitrogens with zero attached hydrogens (tertiary/aromatic N) is 1. The van der Waals surface area contributed by atoms with Gasteiger partial charge < -0.3 is 10.6 Å². The van der Waals surface area contributed by atoms with Crippen LogP contribution in [0, 0.1) is 11.8 Å². The summed E-state index contributed by atoms with van der Waals surface area (Å²) in [5.41, 5.74) is 5.81. The molecule has 0 bridgehead atoms. The van der Waals surface area contributed by atoms with Crippen LogP contribution in [0.4, 0.5) is 0 Å². The van der Waals surface area contributed by atoms with E-state index in [9.17, 15) is 0 Å². The van der Waals surface area contributed by atoms with Crippen molar-refractivity contribution in [2.75, 3.05) is 37.7 Å². The zero-order valence-electron chi connectivity index (χ0n) is 8.95. The van der Waals surface area contributed by atoms with Gasteiger partial charge in [-0.2, -0.15) is 11.8 Å². The molecule has 2 N–H and O–H groups in total. The lowest BCUT2D eigenvalue weighted by Gasteiger charge is -2.30. The molecule has 0 aromatic carbocycles. The summed E-state index contributed by atoms with van der Waals surface area (Å²) >= 11 is 2.10. The van der Waals surface area contributed by atoms with Crippen LogP contribution in [-0.2, 0) is 0 Å². The predicted octanol–water partition coefficient (Wildman–Crippen LogP) is 1.41. The fraction of sp³-hybridized carbons (Fsp3) is 1.00. The van der Waals surface area contributed by atoms with E-state index in [4.69, 9.17) is 5.73 Å². The third kappa shape index (κ3) is 2.65. The molecule has 0 radical (unpaired) electrons. The minimum Gasteiger partial charge on any atom is -0.330 e. The smallest absolute Gasteiger partial charge is 0.00728 e. The van der Waals surface area contributed by atoms with Gasteiger partial charge in [0.1, 0.15) is 0 Å². The Labute approximate surface area is 91.6 Å². The third-order valence-corrected chi connectivity index (χ3v) is 4.66. The average Bonchev–Trinajstić information content (AvgIpc) is 2.67. The van der Waals surface area contributed by atoms with E-state index >= 15 is 0 Å². The second kappa shape index (κ2) is 5.38. The average molecular weight is 214 g/mol. The maximum absolute atomic E-state index is 5.81. The molecule has 1 saturated carbocycles. The SMILES string of the molecule is NCC1CCCC1CN1CCSCC1. The molecular formula is C11H22N2S. The zero-order valence-corrected chi connectivity index (χ0v) is 9.77. The highest BCUT2D eigenvalue weighted by atomic mass is 32.2. The quantitative estimate of drug-likeness (QED) is 0.770. The van der Waals surface area contributed by atoms with Crippen LogP contribution in [-0.4, -0.2) is 42.6 Å². The Balaban J connectivity index is 1.77. The highest BCUT2D eigenvalue weighted by Crippen LogP contribution is 2.31. The first-order valence-electron chi connectivity index (χ1n) is 5.90. The van der Waals surface area contributed by atoms with Gasteiger partial charge in [0, 0.05) is 31.1 Å². The molecule has 2 rings (SSSR count). The molecule has 2 atom stereocenters. The largest absolute Gasteiger partial charge is 0.330 e. The van der Waals surface area contributed by atoms with Gasteiger partial charge in [-0.1, -0.05) is 6.42 Å². The lowest BCUT2D eigenvalue weighted by molar-refractivity contribution is 0.223. The van der Waals surface area contributed by atoms with Crippen LogP contribution in [0.1, 0.15) is 19.3 Å². The molecule has 1 heterocycles. The van der Waals surface area contributed by atoms with E-state index in [-0.39, 0.29) is 0 Å². The van der Waals surface area contributed by atoms with Gasteiger partial charge in [-0.25, -0.2) is 0 Å². The van der Waals surface area contributed by atoms with Crippen molar-refractivity contribution < 1.29 is 0 Å². The van der Waals surface area contributed by atoms with Gasteiger partial charge in [0.15, 0.2) is 0 Å². The number of hydrogen-bond acceptors (Lipinski definition) is 3. The van der Waals surface area contributed by atoms with E-state index < -0.39 is 0 Å². The highest BCUT2D eigenvalue weighted by molar-refractivity contribution is 7.99. The van der Waals surface area contributed by atoms with Gasteiger partial charge in [-0.15, -0.1) is 0 Å². The van der Waals surface area contributed by atoms with E-state index in [1.165, 1.54) is 50.4 Å². The van der Waals surface area contributed by atoms with Crippen molar-refractivity contribution in [2.45, 2.75) is 19.3 Å². The second-order valence-electron chi connectivity index (χ2n) is 4.60. The molecule has 1 aliphatic carbocycles. The summed E-state index contributed by atoms with van der Waals surface area (Å²) in [6.07, 6.45) is 4.21. The third-order valence-electron chi connectivity index (χ3n) is 3.72. The summed E-state index contributed by atoms with van der Waals surface area (Å²) in [5, 5.41) is 0. The Kier molecular flexibility index (Phi) is 4.14. The molecule has 1 saturated heterocycles. The second-order valence-corrected chi connectivity index (χ2v) is 5.82. The Bertz CT molecular complexity index is 169. The molecule has 0 aromatic rings. The molecule has 2 nitrogen and oxygen atoms in total. The van der Waals surface area contributed by atoms with Crippen molar-refractivity contribution in [1.82, 2.24) is 4.90 Å². The highest BCUT2D eigenvalue weighted by Gasteiger charge is 2.27. The van der Waals surface area contributed by atoms with Crippen LogP contribution in [0.5, 0.6) is 0 Å². The van der Waals surface area contributed by atoms with Crippen LogP contribution >= 0.6 is 11.8 Å². The normalized spacial score (nSPS) is 34.9. The van der Waals surface area contributed by atoms with Crippen LogP contribution in [0.2, 0.25) is 0 Å². The Morgan fingerprint density at radius 3 is 2.57 bits per heavy atom. The van der Waals surface area contributed by atoms with Crippen molar-refractivity contribution in [2.24, 2.45) is 17.6 Å². The van der Waals surface area contributed by atoms with Gasteiger partial charge >= 0.3 is 0 Å². The maximum atomic E-state index is 5.81. The lowest BCUT2D eigenvalue weighted by atomic mass is 9.95. The predicted molar refractivity (Wildman–Crippen MR) is 63.7 cm³/mol. The first-order valence-corrected chi connectivity index (χ1v) is 7.06. The van der Waals surface area contributed by atoms with Crippen molar-refractivity contribution in [1.29, 1.82) is 0 Å². The van der Waals surface area contributed by atoms with Crippen molar-refractivity contribution in [3.63, 3.8) is 0 Å². The molecule has 0 aromatic heterocycles. The summed E-state index contributed by atoms with van der Waals surface area (Å²) in [4.78, 5) is 2.65. The van der Waals surface area contributed by atoms with E-state index in [1.807, 2.05) is 0 Å². The van der Waals surface area contributed by atoms with Gasteiger partial charge in [0.25, 0.3) is 0 Å². The molecule has 1 aliphatic heterocycles. The standard InChI is InChI=1S/C11H22N2S/c12-8-10-2-1-3-11(10)9-13-4-6-14-7-5-13/h10-11H,1-9,12H2. The van der Waals surface area contributed by atoms with E-state index in [1.54, 1.807) is 0 Å². The molecule has 2 aliphatic rings. The molecule has 14 heavy (non-hydrogen) atoms.